The number of amides is 1. The molecule has 0 spiro atoms. The minimum absolute atomic E-state index is 0.0225. The van der Waals surface area contributed by atoms with Crippen LogP contribution in [0.4, 0.5) is 0 Å². The Morgan fingerprint density at radius 3 is 2.62 bits per heavy atom. The van der Waals surface area contributed by atoms with E-state index in [4.69, 9.17) is 9.47 Å². The second-order valence-corrected chi connectivity index (χ2v) is 8.09. The number of aliphatic hydroxyl groups excluding tert-OH is 1. The molecule has 2 aromatic rings. The Bertz CT molecular complexity index is 933. The average molecular weight is 416 g/mol. The molecule has 1 atom stereocenters. The fourth-order valence-electron chi connectivity index (χ4n) is 3.42. The standard InChI is InChI=1S/C22H25NO5S/c1-13(2)28-10-9-23-19(17-6-5-11-29-17)18(21(25)22(23)26)20(24)15-7-8-16(27-4)14(3)12-15/h5-8,11-13,19,24H,9-10H2,1-4H3/b20-18-. The number of Topliss-reactive ketones (excluding diaryl/α,β-unsaturated/α-hetero) is 1. The van der Waals surface area contributed by atoms with E-state index in [2.05, 4.69) is 0 Å². The van der Waals surface area contributed by atoms with Crippen molar-refractivity contribution in [1.82, 2.24) is 4.90 Å². The molecule has 0 radical (unpaired) electrons. The van der Waals surface area contributed by atoms with Crippen LogP contribution in [-0.4, -0.2) is 48.1 Å². The zero-order valence-electron chi connectivity index (χ0n) is 17.0. The number of hydrogen-bond acceptors (Lipinski definition) is 6. The van der Waals surface area contributed by atoms with Crippen molar-refractivity contribution >= 4 is 28.8 Å². The first-order valence-corrected chi connectivity index (χ1v) is 10.3. The first kappa shape index (κ1) is 21.1. The molecule has 0 saturated carbocycles. The van der Waals surface area contributed by atoms with Crippen molar-refractivity contribution < 1.29 is 24.2 Å². The molecule has 1 aliphatic rings. The Balaban J connectivity index is 2.05. The SMILES string of the molecule is COc1ccc(/C(O)=C2/C(=O)C(=O)N(CCOC(C)C)C2c2cccs2)cc1C. The van der Waals surface area contributed by atoms with Crippen molar-refractivity contribution in [3.8, 4) is 5.75 Å². The molecule has 1 aromatic carbocycles. The molecule has 154 valence electrons. The molecule has 0 bridgehead atoms. The lowest BCUT2D eigenvalue weighted by Crippen LogP contribution is -2.33. The van der Waals surface area contributed by atoms with Crippen molar-refractivity contribution in [2.45, 2.75) is 32.9 Å². The molecule has 1 unspecified atom stereocenters. The van der Waals surface area contributed by atoms with Gasteiger partial charge < -0.3 is 19.5 Å². The van der Waals surface area contributed by atoms with Gasteiger partial charge in [0.25, 0.3) is 11.7 Å². The van der Waals surface area contributed by atoms with Gasteiger partial charge in [-0.05, 0) is 56.0 Å². The Hall–Kier alpha value is -2.64. The number of aliphatic hydroxyl groups is 1. The van der Waals surface area contributed by atoms with Gasteiger partial charge in [0.1, 0.15) is 11.5 Å². The lowest BCUT2D eigenvalue weighted by Gasteiger charge is -2.24. The number of nitrogens with zero attached hydrogens (tertiary/aromatic N) is 1. The highest BCUT2D eigenvalue weighted by Gasteiger charge is 2.46. The van der Waals surface area contributed by atoms with E-state index in [1.54, 1.807) is 25.3 Å². The topological polar surface area (TPSA) is 76.1 Å². The Morgan fingerprint density at radius 1 is 1.28 bits per heavy atom. The number of benzene rings is 1. The molecule has 1 fully saturated rings. The van der Waals surface area contributed by atoms with Crippen LogP contribution in [0.5, 0.6) is 5.75 Å². The number of aryl methyl sites for hydroxylation is 1. The predicted octanol–water partition coefficient (Wildman–Crippen LogP) is 3.91. The number of likely N-dealkylation sites (tertiary alicyclic amines) is 1. The summed E-state index contributed by atoms with van der Waals surface area (Å²) < 4.78 is 10.8. The van der Waals surface area contributed by atoms with Gasteiger partial charge in [0, 0.05) is 17.0 Å². The summed E-state index contributed by atoms with van der Waals surface area (Å²) in [5.74, 6) is -0.802. The quantitative estimate of drug-likeness (QED) is 0.422. The van der Waals surface area contributed by atoms with Crippen LogP contribution in [0.25, 0.3) is 5.76 Å². The van der Waals surface area contributed by atoms with Crippen molar-refractivity contribution in [2.24, 2.45) is 0 Å². The van der Waals surface area contributed by atoms with Gasteiger partial charge in [-0.3, -0.25) is 9.59 Å². The second kappa shape index (κ2) is 8.80. The summed E-state index contributed by atoms with van der Waals surface area (Å²) in [4.78, 5) is 27.9. The Morgan fingerprint density at radius 2 is 2.03 bits per heavy atom. The molecule has 0 aliphatic carbocycles. The van der Waals surface area contributed by atoms with Gasteiger partial charge in [-0.1, -0.05) is 6.07 Å². The third-order valence-corrected chi connectivity index (χ3v) is 5.73. The molecule has 1 saturated heterocycles. The van der Waals surface area contributed by atoms with E-state index in [1.807, 2.05) is 38.3 Å². The van der Waals surface area contributed by atoms with Gasteiger partial charge in [0.05, 0.1) is 31.4 Å². The highest BCUT2D eigenvalue weighted by molar-refractivity contribution is 7.10. The van der Waals surface area contributed by atoms with Crippen molar-refractivity contribution in [3.05, 3.63) is 57.3 Å². The summed E-state index contributed by atoms with van der Waals surface area (Å²) in [7, 11) is 1.57. The maximum absolute atomic E-state index is 12.9. The Kier molecular flexibility index (Phi) is 6.39. The molecule has 6 nitrogen and oxygen atoms in total. The van der Waals surface area contributed by atoms with E-state index >= 15 is 0 Å². The van der Waals surface area contributed by atoms with Crippen molar-refractivity contribution in [3.63, 3.8) is 0 Å². The van der Waals surface area contributed by atoms with E-state index < -0.39 is 17.7 Å². The molecule has 1 amide bonds. The van der Waals surface area contributed by atoms with E-state index in [-0.39, 0.29) is 24.0 Å². The fraction of sp³-hybridized carbons (Fsp3) is 0.364. The smallest absolute Gasteiger partial charge is 0.295 e. The average Bonchev–Trinajstić information content (AvgIpc) is 3.29. The number of hydrogen-bond donors (Lipinski definition) is 1. The van der Waals surface area contributed by atoms with Crippen LogP contribution in [0.1, 0.15) is 35.9 Å². The highest BCUT2D eigenvalue weighted by Crippen LogP contribution is 2.41. The van der Waals surface area contributed by atoms with Crippen LogP contribution >= 0.6 is 11.3 Å². The maximum Gasteiger partial charge on any atom is 0.295 e. The summed E-state index contributed by atoms with van der Waals surface area (Å²) in [5.41, 5.74) is 1.40. The van der Waals surface area contributed by atoms with Gasteiger partial charge in [-0.15, -0.1) is 11.3 Å². The molecular formula is C22H25NO5S. The number of methoxy groups -OCH3 is 1. The number of carbonyl (C=O) groups excluding carboxylic acids is 2. The molecule has 1 N–H and O–H groups in total. The lowest BCUT2D eigenvalue weighted by molar-refractivity contribution is -0.140. The number of carbonyl (C=O) groups is 2. The molecule has 7 heteroatoms. The zero-order chi connectivity index (χ0) is 21.1. The van der Waals surface area contributed by atoms with Gasteiger partial charge in [0.2, 0.25) is 0 Å². The molecule has 2 heterocycles. The van der Waals surface area contributed by atoms with Crippen LogP contribution in [0.2, 0.25) is 0 Å². The van der Waals surface area contributed by atoms with E-state index in [0.717, 1.165) is 10.4 Å². The van der Waals surface area contributed by atoms with Gasteiger partial charge >= 0.3 is 0 Å². The van der Waals surface area contributed by atoms with Crippen LogP contribution in [0, 0.1) is 6.92 Å². The summed E-state index contributed by atoms with van der Waals surface area (Å²) in [6.07, 6.45) is 0.0225. The van der Waals surface area contributed by atoms with Crippen molar-refractivity contribution in [1.29, 1.82) is 0 Å². The van der Waals surface area contributed by atoms with Gasteiger partial charge in [-0.25, -0.2) is 0 Å². The third-order valence-electron chi connectivity index (χ3n) is 4.80. The van der Waals surface area contributed by atoms with Crippen LogP contribution in [-0.2, 0) is 14.3 Å². The summed E-state index contributed by atoms with van der Waals surface area (Å²) in [6, 6.07) is 8.26. The lowest BCUT2D eigenvalue weighted by atomic mass is 9.99. The number of rotatable bonds is 7. The van der Waals surface area contributed by atoms with E-state index in [9.17, 15) is 14.7 Å². The second-order valence-electron chi connectivity index (χ2n) is 7.11. The van der Waals surface area contributed by atoms with Crippen LogP contribution < -0.4 is 4.74 Å². The zero-order valence-corrected chi connectivity index (χ0v) is 17.8. The minimum Gasteiger partial charge on any atom is -0.507 e. The highest BCUT2D eigenvalue weighted by atomic mass is 32.1. The monoisotopic (exact) mass is 415 g/mol. The molecular weight excluding hydrogens is 390 g/mol. The van der Waals surface area contributed by atoms with Gasteiger partial charge in [-0.2, -0.15) is 0 Å². The fourth-order valence-corrected chi connectivity index (χ4v) is 4.27. The predicted molar refractivity (Wildman–Crippen MR) is 112 cm³/mol. The molecule has 3 rings (SSSR count). The number of thiophene rings is 1. The third kappa shape index (κ3) is 4.21. The normalized spacial score (nSPS) is 18.7. The minimum atomic E-state index is -0.682. The summed E-state index contributed by atoms with van der Waals surface area (Å²) >= 11 is 1.44. The van der Waals surface area contributed by atoms with E-state index in [0.29, 0.717) is 17.9 Å². The Labute approximate surface area is 174 Å². The number of ketones is 1. The maximum atomic E-state index is 12.9. The van der Waals surface area contributed by atoms with Gasteiger partial charge in [0.15, 0.2) is 0 Å². The summed E-state index contributed by atoms with van der Waals surface area (Å²) in [6.45, 7) is 6.26. The molecule has 1 aliphatic heterocycles. The number of ether oxygens (including phenoxy) is 2. The van der Waals surface area contributed by atoms with E-state index in [1.165, 1.54) is 16.2 Å². The largest absolute Gasteiger partial charge is 0.507 e. The molecule has 1 aromatic heterocycles. The van der Waals surface area contributed by atoms with Crippen LogP contribution in [0.3, 0.4) is 0 Å². The molecule has 29 heavy (non-hydrogen) atoms. The van der Waals surface area contributed by atoms with Crippen molar-refractivity contribution in [2.75, 3.05) is 20.3 Å². The first-order chi connectivity index (χ1) is 13.8. The summed E-state index contributed by atoms with van der Waals surface area (Å²) in [5, 5.41) is 12.9. The van der Waals surface area contributed by atoms with Crippen LogP contribution in [0.15, 0.2) is 41.3 Å². The first-order valence-electron chi connectivity index (χ1n) is 9.43.